The highest BCUT2D eigenvalue weighted by molar-refractivity contribution is 7.20. The van der Waals surface area contributed by atoms with Crippen molar-refractivity contribution < 1.29 is 0 Å². The van der Waals surface area contributed by atoms with Crippen molar-refractivity contribution in [1.82, 2.24) is 14.8 Å². The van der Waals surface area contributed by atoms with Crippen LogP contribution < -0.4 is 5.32 Å². The summed E-state index contributed by atoms with van der Waals surface area (Å²) in [5.41, 5.74) is 16.8. The number of thiophene rings is 1. The lowest BCUT2D eigenvalue weighted by molar-refractivity contribution is 0.0423. The van der Waals surface area contributed by atoms with E-state index in [1.807, 2.05) is 11.3 Å². The van der Waals surface area contributed by atoms with Gasteiger partial charge in [-0.3, -0.25) is 4.90 Å². The van der Waals surface area contributed by atoms with Crippen LogP contribution in [0.15, 0.2) is 217 Å². The molecule has 0 fully saturated rings. The number of hydrogen-bond acceptors (Lipinski definition) is 4. The lowest BCUT2D eigenvalue weighted by Gasteiger charge is -2.51. The normalized spacial score (nSPS) is 22.4. The SMILES string of the molecule is CN1C(C2=CCCC=C2)N=C(c2cc(-c3c(-c4ccccc4)cccc3C3(C)C=CC=CC3)ccc2-c2cccc3c4c(sc23)C=Cc2c(n(-c3ccccc3)c3ccccc23)C4)NC1(C)C1C=CC=CC1. The van der Waals surface area contributed by atoms with Crippen molar-refractivity contribution in [3.05, 3.63) is 245 Å². The molecule has 4 atom stereocenters. The van der Waals surface area contributed by atoms with Gasteiger partial charge in [-0.05, 0) is 120 Å². The van der Waals surface area contributed by atoms with E-state index in [1.165, 1.54) is 92.9 Å². The predicted octanol–water partition coefficient (Wildman–Crippen LogP) is 16.4. The Kier molecular flexibility index (Phi) is 11.0. The molecule has 4 unspecified atom stereocenters. The quantitative estimate of drug-likeness (QED) is 0.165. The van der Waals surface area contributed by atoms with Gasteiger partial charge in [0.1, 0.15) is 12.0 Å². The maximum Gasteiger partial charge on any atom is 0.132 e. The molecule has 2 aromatic heterocycles. The van der Waals surface area contributed by atoms with Crippen molar-refractivity contribution in [2.45, 2.75) is 63.2 Å². The second-order valence-electron chi connectivity index (χ2n) is 20.5. The molecular weight excluding hydrogens is 893 g/mol. The van der Waals surface area contributed by atoms with Crippen LogP contribution in [-0.2, 0) is 11.8 Å². The summed E-state index contributed by atoms with van der Waals surface area (Å²) in [7, 11) is 2.26. The molecule has 1 N–H and O–H groups in total. The first-order chi connectivity index (χ1) is 35.4. The van der Waals surface area contributed by atoms with E-state index in [0.717, 1.165) is 43.5 Å². The summed E-state index contributed by atoms with van der Waals surface area (Å²) < 4.78 is 3.79. The molecule has 0 radical (unpaired) electrons. The Morgan fingerprint density at radius 1 is 0.667 bits per heavy atom. The van der Waals surface area contributed by atoms with Crippen LogP contribution in [0.25, 0.3) is 72.2 Å². The van der Waals surface area contributed by atoms with Crippen molar-refractivity contribution in [2.24, 2.45) is 10.9 Å². The number of likely N-dealkylation sites (N-methyl/N-ethyl adjacent to an activating group) is 1. The fourth-order valence-electron chi connectivity index (χ4n) is 12.3. The third-order valence-electron chi connectivity index (χ3n) is 16.2. The molecule has 0 bridgehead atoms. The van der Waals surface area contributed by atoms with Crippen LogP contribution in [-0.4, -0.2) is 34.2 Å². The van der Waals surface area contributed by atoms with Gasteiger partial charge in [0, 0.05) is 60.8 Å². The summed E-state index contributed by atoms with van der Waals surface area (Å²) in [5.74, 6) is 1.15. The van der Waals surface area contributed by atoms with Crippen LogP contribution in [0.4, 0.5) is 0 Å². The summed E-state index contributed by atoms with van der Waals surface area (Å²) in [5, 5.41) is 6.81. The van der Waals surface area contributed by atoms with Gasteiger partial charge >= 0.3 is 0 Å². The highest BCUT2D eigenvalue weighted by Crippen LogP contribution is 2.48. The topological polar surface area (TPSA) is 32.6 Å². The molecule has 5 heteroatoms. The summed E-state index contributed by atoms with van der Waals surface area (Å²) in [4.78, 5) is 9.65. The number of rotatable bonds is 8. The Balaban J connectivity index is 1.04. The highest BCUT2D eigenvalue weighted by Gasteiger charge is 2.45. The number of allylic oxidation sites excluding steroid dienone is 9. The van der Waals surface area contributed by atoms with Crippen LogP contribution in [0.2, 0.25) is 0 Å². The molecule has 0 amide bonds. The van der Waals surface area contributed by atoms with E-state index >= 15 is 0 Å². The van der Waals surface area contributed by atoms with E-state index in [2.05, 4.69) is 254 Å². The van der Waals surface area contributed by atoms with E-state index in [-0.39, 0.29) is 17.5 Å². The number of para-hydroxylation sites is 2. The van der Waals surface area contributed by atoms with E-state index in [4.69, 9.17) is 4.99 Å². The Morgan fingerprint density at radius 2 is 1.46 bits per heavy atom. The number of aromatic nitrogens is 1. The highest BCUT2D eigenvalue weighted by atomic mass is 32.1. The van der Waals surface area contributed by atoms with Crippen LogP contribution in [0.1, 0.15) is 72.4 Å². The second kappa shape index (κ2) is 17.9. The first-order valence-corrected chi connectivity index (χ1v) is 26.6. The van der Waals surface area contributed by atoms with E-state index in [9.17, 15) is 0 Å². The molecule has 13 rings (SSSR count). The largest absolute Gasteiger partial charge is 0.351 e. The number of benzene rings is 6. The molecule has 72 heavy (non-hydrogen) atoms. The molecule has 0 saturated heterocycles. The molecule has 4 aliphatic carbocycles. The summed E-state index contributed by atoms with van der Waals surface area (Å²) in [6, 6.07) is 51.9. The fraction of sp³-hybridized carbons (Fsp3) is 0.179. The zero-order valence-corrected chi connectivity index (χ0v) is 42.0. The first kappa shape index (κ1) is 44.4. The van der Waals surface area contributed by atoms with Gasteiger partial charge in [-0.15, -0.1) is 11.3 Å². The summed E-state index contributed by atoms with van der Waals surface area (Å²) in [6.45, 7) is 4.78. The average Bonchev–Trinajstić information content (AvgIpc) is 3.89. The molecule has 1 aliphatic heterocycles. The Labute approximate surface area is 427 Å². The molecular formula is C67H58N4S. The van der Waals surface area contributed by atoms with E-state index < -0.39 is 5.66 Å². The van der Waals surface area contributed by atoms with Gasteiger partial charge < -0.3 is 9.88 Å². The molecule has 8 aromatic rings. The minimum Gasteiger partial charge on any atom is -0.351 e. The van der Waals surface area contributed by atoms with Crippen molar-refractivity contribution in [1.29, 1.82) is 0 Å². The minimum absolute atomic E-state index is 0.173. The van der Waals surface area contributed by atoms with Crippen LogP contribution in [0.3, 0.4) is 0 Å². The summed E-state index contributed by atoms with van der Waals surface area (Å²) >= 11 is 1.92. The lowest BCUT2D eigenvalue weighted by atomic mass is 9.72. The van der Waals surface area contributed by atoms with Crippen LogP contribution in [0, 0.1) is 5.92 Å². The number of fused-ring (bicyclic) bond motifs is 6. The lowest BCUT2D eigenvalue weighted by Crippen LogP contribution is -2.67. The smallest absolute Gasteiger partial charge is 0.132 e. The molecule has 4 nitrogen and oxygen atoms in total. The van der Waals surface area contributed by atoms with Crippen LogP contribution in [0.5, 0.6) is 0 Å². The number of nitrogens with one attached hydrogen (secondary N) is 1. The standard InChI is InChI=1S/C67H58N4S/c1-66(41-19-8-20-42-66)58-35-22-32-50(45-23-9-4-10-24-45)62(58)47-37-38-51(57(43-47)64-68-65(46-25-11-5-12-26-46)70(3)67(2,69-64)48-27-13-6-14-28-48)54-33-21-34-55-56-44-60-53(39-40-61(56)72-63(54)55)52-31-17-18-36-59(52)71(60)49-29-15-7-16-30-49/h4,6-11,13-27,29-41,43,48,65H,5,12,28,42,44H2,1-3H3,(H,68,69). The van der Waals surface area contributed by atoms with Gasteiger partial charge in [-0.2, -0.15) is 0 Å². The van der Waals surface area contributed by atoms with E-state index in [0.29, 0.717) is 0 Å². The maximum atomic E-state index is 5.86. The predicted molar refractivity (Wildman–Crippen MR) is 306 cm³/mol. The number of aliphatic imine (C=N–C) groups is 1. The molecule has 352 valence electrons. The fourth-order valence-corrected chi connectivity index (χ4v) is 13.5. The molecule has 6 aromatic carbocycles. The van der Waals surface area contributed by atoms with Crippen molar-refractivity contribution in [3.63, 3.8) is 0 Å². The van der Waals surface area contributed by atoms with Gasteiger partial charge in [0.25, 0.3) is 0 Å². The number of amidine groups is 1. The third-order valence-corrected chi connectivity index (χ3v) is 17.5. The molecule has 0 saturated carbocycles. The van der Waals surface area contributed by atoms with Crippen molar-refractivity contribution in [2.75, 3.05) is 7.05 Å². The van der Waals surface area contributed by atoms with Gasteiger partial charge in [0.15, 0.2) is 0 Å². The summed E-state index contributed by atoms with van der Waals surface area (Å²) in [6.07, 6.45) is 34.6. The second-order valence-corrected chi connectivity index (χ2v) is 21.6. The molecule has 5 aliphatic rings. The molecule has 0 spiro atoms. The Bertz CT molecular complexity index is 3700. The van der Waals surface area contributed by atoms with Gasteiger partial charge in [-0.25, -0.2) is 4.99 Å². The van der Waals surface area contributed by atoms with Crippen LogP contribution >= 0.6 is 11.3 Å². The van der Waals surface area contributed by atoms with Gasteiger partial charge in [0.05, 0.1) is 11.2 Å². The number of hydrogen-bond donors (Lipinski definition) is 1. The first-order valence-electron chi connectivity index (χ1n) is 25.7. The Morgan fingerprint density at radius 3 is 2.26 bits per heavy atom. The third kappa shape index (κ3) is 7.40. The number of nitrogens with zero attached hydrogens (tertiary/aromatic N) is 3. The maximum absolute atomic E-state index is 5.86. The Hall–Kier alpha value is -7.57. The zero-order valence-electron chi connectivity index (χ0n) is 41.2. The monoisotopic (exact) mass is 950 g/mol. The van der Waals surface area contributed by atoms with Crippen molar-refractivity contribution in [3.8, 4) is 39.1 Å². The van der Waals surface area contributed by atoms with E-state index in [1.54, 1.807) is 0 Å². The minimum atomic E-state index is -0.450. The van der Waals surface area contributed by atoms with Crippen molar-refractivity contribution >= 4 is 50.3 Å². The average molecular weight is 951 g/mol. The van der Waals surface area contributed by atoms with Gasteiger partial charge in [-0.1, -0.05) is 195 Å². The zero-order chi connectivity index (χ0) is 48.4. The van der Waals surface area contributed by atoms with Gasteiger partial charge in [0.2, 0.25) is 0 Å². The molecule has 3 heterocycles.